The van der Waals surface area contributed by atoms with Gasteiger partial charge in [0.15, 0.2) is 0 Å². The van der Waals surface area contributed by atoms with E-state index in [2.05, 4.69) is 30.5 Å². The predicted molar refractivity (Wildman–Crippen MR) is 123 cm³/mol. The topological polar surface area (TPSA) is 112 Å². The number of hydrogen-bond donors (Lipinski definition) is 3. The number of aromatic amines is 1. The van der Waals surface area contributed by atoms with Crippen LogP contribution in [0, 0.1) is 0 Å². The minimum absolute atomic E-state index is 0.199. The lowest BCUT2D eigenvalue weighted by Crippen LogP contribution is -2.38. The fourth-order valence-corrected chi connectivity index (χ4v) is 3.55. The summed E-state index contributed by atoms with van der Waals surface area (Å²) in [5.74, 6) is 1.34. The number of rotatable bonds is 6. The van der Waals surface area contributed by atoms with Crippen molar-refractivity contribution in [2.75, 3.05) is 36.5 Å². The first-order chi connectivity index (χ1) is 15.6. The number of morpholine rings is 1. The first-order valence-electron chi connectivity index (χ1n) is 10.6. The Hall–Kier alpha value is -3.72. The van der Waals surface area contributed by atoms with Crippen LogP contribution in [0.5, 0.6) is 0 Å². The summed E-state index contributed by atoms with van der Waals surface area (Å²) in [5, 5.41) is 5.73. The van der Waals surface area contributed by atoms with Crippen molar-refractivity contribution in [2.24, 2.45) is 0 Å². The Morgan fingerprint density at radius 3 is 2.84 bits per heavy atom. The number of aryl methyl sites for hydroxylation is 1. The lowest BCUT2D eigenvalue weighted by Gasteiger charge is -2.29. The smallest absolute Gasteiger partial charge is 0.319 e. The summed E-state index contributed by atoms with van der Waals surface area (Å²) in [6, 6.07) is 12.2. The van der Waals surface area contributed by atoms with Crippen molar-refractivity contribution in [1.82, 2.24) is 20.3 Å². The Labute approximate surface area is 185 Å². The van der Waals surface area contributed by atoms with Crippen LogP contribution in [0.25, 0.3) is 11.4 Å². The molecule has 0 radical (unpaired) electrons. The van der Waals surface area contributed by atoms with Gasteiger partial charge in [0.25, 0.3) is 5.56 Å². The number of amides is 2. The molecule has 2 amide bonds. The second-order valence-corrected chi connectivity index (χ2v) is 7.41. The summed E-state index contributed by atoms with van der Waals surface area (Å²) in [6.45, 7) is 5.18. The van der Waals surface area contributed by atoms with Crippen LogP contribution in [-0.2, 0) is 17.7 Å². The average Bonchev–Trinajstić information content (AvgIpc) is 2.83. The van der Waals surface area contributed by atoms with Crippen molar-refractivity contribution in [3.05, 3.63) is 70.3 Å². The van der Waals surface area contributed by atoms with Crippen LogP contribution in [0.1, 0.15) is 18.2 Å². The molecule has 1 aromatic carbocycles. The summed E-state index contributed by atoms with van der Waals surface area (Å²) >= 11 is 0. The van der Waals surface area contributed by atoms with Crippen molar-refractivity contribution in [2.45, 2.75) is 19.9 Å². The Bertz CT molecular complexity index is 1140. The van der Waals surface area contributed by atoms with E-state index in [-0.39, 0.29) is 11.6 Å². The van der Waals surface area contributed by atoms with Crippen LogP contribution in [0.3, 0.4) is 0 Å². The number of nitrogens with zero attached hydrogens (tertiary/aromatic N) is 3. The maximum absolute atomic E-state index is 12.5. The second-order valence-electron chi connectivity index (χ2n) is 7.41. The van der Waals surface area contributed by atoms with Gasteiger partial charge in [-0.05, 0) is 24.6 Å². The minimum atomic E-state index is -0.331. The van der Waals surface area contributed by atoms with Crippen LogP contribution < -0.4 is 21.1 Å². The molecule has 0 saturated carbocycles. The zero-order valence-corrected chi connectivity index (χ0v) is 17.9. The molecule has 32 heavy (non-hydrogen) atoms. The van der Waals surface area contributed by atoms with Crippen molar-refractivity contribution < 1.29 is 9.53 Å². The number of carbonyl (C=O) groups excluding carboxylic acids is 1. The highest BCUT2D eigenvalue weighted by Gasteiger charge is 2.16. The quantitative estimate of drug-likeness (QED) is 0.550. The van der Waals surface area contributed by atoms with E-state index in [1.54, 1.807) is 24.4 Å². The number of aromatic nitrogens is 3. The third-order valence-corrected chi connectivity index (χ3v) is 5.17. The fraction of sp³-hybridized carbons (Fsp3) is 0.304. The molecule has 9 nitrogen and oxygen atoms in total. The van der Waals surface area contributed by atoms with Crippen LogP contribution in [0.2, 0.25) is 0 Å². The molecule has 1 fully saturated rings. The van der Waals surface area contributed by atoms with E-state index in [4.69, 9.17) is 4.74 Å². The van der Waals surface area contributed by atoms with Gasteiger partial charge in [0, 0.05) is 54.4 Å². The maximum Gasteiger partial charge on any atom is 0.319 e. The Morgan fingerprint density at radius 1 is 1.19 bits per heavy atom. The Morgan fingerprint density at radius 2 is 2.03 bits per heavy atom. The van der Waals surface area contributed by atoms with Crippen LogP contribution in [0.4, 0.5) is 16.3 Å². The number of pyridine rings is 1. The number of urea groups is 1. The molecule has 0 unspecified atom stereocenters. The van der Waals surface area contributed by atoms with Crippen molar-refractivity contribution in [3.8, 4) is 11.4 Å². The molecule has 2 aromatic heterocycles. The molecule has 1 aliphatic heterocycles. The normalized spacial score (nSPS) is 13.6. The van der Waals surface area contributed by atoms with E-state index >= 15 is 0 Å². The number of ether oxygens (including phenoxy) is 1. The second kappa shape index (κ2) is 10.1. The SMILES string of the molecule is CCc1cc(=O)[nH]c(-c2cccc(NC(=O)NCc3cccnc3N3CCOCC3)c2)n1. The fourth-order valence-electron chi connectivity index (χ4n) is 3.55. The van der Waals surface area contributed by atoms with E-state index in [1.807, 2.05) is 25.1 Å². The van der Waals surface area contributed by atoms with E-state index in [1.165, 1.54) is 6.07 Å². The molecule has 3 heterocycles. The molecule has 0 spiro atoms. The molecular weight excluding hydrogens is 408 g/mol. The largest absolute Gasteiger partial charge is 0.378 e. The van der Waals surface area contributed by atoms with Crippen LogP contribution in [0.15, 0.2) is 53.5 Å². The molecule has 9 heteroatoms. The standard InChI is InChI=1S/C23H26N6O3/c1-2-18-14-20(30)28-21(26-18)16-5-3-7-19(13-16)27-23(31)25-15-17-6-4-8-24-22(17)29-9-11-32-12-10-29/h3-8,13-14H,2,9-12,15H2,1H3,(H2,25,27,31)(H,26,28,30). The molecule has 1 saturated heterocycles. The van der Waals surface area contributed by atoms with Gasteiger partial charge in [0.2, 0.25) is 0 Å². The number of H-pyrrole nitrogens is 1. The van der Waals surface area contributed by atoms with Crippen LogP contribution >= 0.6 is 0 Å². The zero-order valence-electron chi connectivity index (χ0n) is 17.9. The Balaban J connectivity index is 1.42. The highest BCUT2D eigenvalue weighted by Crippen LogP contribution is 2.20. The number of carbonyl (C=O) groups is 1. The molecule has 3 aromatic rings. The van der Waals surface area contributed by atoms with E-state index in [0.29, 0.717) is 43.4 Å². The van der Waals surface area contributed by atoms with E-state index < -0.39 is 0 Å². The zero-order chi connectivity index (χ0) is 22.3. The molecule has 0 atom stereocenters. The van der Waals surface area contributed by atoms with Gasteiger partial charge in [-0.1, -0.05) is 25.1 Å². The van der Waals surface area contributed by atoms with E-state index in [0.717, 1.165) is 30.0 Å². The Kier molecular flexibility index (Phi) is 6.76. The number of hydrogen-bond acceptors (Lipinski definition) is 6. The van der Waals surface area contributed by atoms with Gasteiger partial charge in [0.1, 0.15) is 11.6 Å². The summed E-state index contributed by atoms with van der Waals surface area (Å²) in [7, 11) is 0. The van der Waals surface area contributed by atoms with Gasteiger partial charge in [0.05, 0.1) is 13.2 Å². The van der Waals surface area contributed by atoms with Gasteiger partial charge >= 0.3 is 6.03 Å². The molecule has 0 bridgehead atoms. The van der Waals surface area contributed by atoms with Gasteiger partial charge in [-0.2, -0.15) is 0 Å². The monoisotopic (exact) mass is 434 g/mol. The number of anilines is 2. The number of benzene rings is 1. The third-order valence-electron chi connectivity index (χ3n) is 5.17. The molecular formula is C23H26N6O3. The number of nitrogens with one attached hydrogen (secondary N) is 3. The molecule has 1 aliphatic rings. The summed E-state index contributed by atoms with van der Waals surface area (Å²) in [4.78, 5) is 38.3. The molecule has 0 aliphatic carbocycles. The van der Waals surface area contributed by atoms with Crippen molar-refractivity contribution >= 4 is 17.5 Å². The van der Waals surface area contributed by atoms with Crippen molar-refractivity contribution in [1.29, 1.82) is 0 Å². The van der Waals surface area contributed by atoms with Crippen LogP contribution in [-0.4, -0.2) is 47.3 Å². The maximum atomic E-state index is 12.5. The third kappa shape index (κ3) is 5.30. The first-order valence-corrected chi connectivity index (χ1v) is 10.6. The van der Waals surface area contributed by atoms with Gasteiger partial charge < -0.3 is 25.3 Å². The summed E-state index contributed by atoms with van der Waals surface area (Å²) in [6.07, 6.45) is 2.42. The molecule has 166 valence electrons. The van der Waals surface area contributed by atoms with Crippen molar-refractivity contribution in [3.63, 3.8) is 0 Å². The van der Waals surface area contributed by atoms with E-state index in [9.17, 15) is 9.59 Å². The van der Waals surface area contributed by atoms with Gasteiger partial charge in [-0.25, -0.2) is 14.8 Å². The first kappa shape index (κ1) is 21.5. The average molecular weight is 435 g/mol. The van der Waals surface area contributed by atoms with Gasteiger partial charge in [-0.3, -0.25) is 4.79 Å². The molecule has 4 rings (SSSR count). The minimum Gasteiger partial charge on any atom is -0.378 e. The highest BCUT2D eigenvalue weighted by molar-refractivity contribution is 5.90. The lowest BCUT2D eigenvalue weighted by molar-refractivity contribution is 0.122. The summed E-state index contributed by atoms with van der Waals surface area (Å²) in [5.41, 5.74) is 2.78. The lowest BCUT2D eigenvalue weighted by atomic mass is 10.2. The summed E-state index contributed by atoms with van der Waals surface area (Å²) < 4.78 is 5.41. The van der Waals surface area contributed by atoms with Gasteiger partial charge in [-0.15, -0.1) is 0 Å². The molecule has 3 N–H and O–H groups in total. The highest BCUT2D eigenvalue weighted by atomic mass is 16.5. The predicted octanol–water partition coefficient (Wildman–Crippen LogP) is 2.55.